The molecule has 0 aliphatic carbocycles. The van der Waals surface area contributed by atoms with Crippen LogP contribution in [0.5, 0.6) is 11.5 Å². The van der Waals surface area contributed by atoms with E-state index in [0.717, 1.165) is 12.1 Å². The summed E-state index contributed by atoms with van der Waals surface area (Å²) in [5.74, 6) is -2.87. The van der Waals surface area contributed by atoms with E-state index >= 15 is 0 Å². The smallest absolute Gasteiger partial charge is 0.343 e. The Kier molecular flexibility index (Phi) is 1.86. The fourth-order valence-electron chi connectivity index (χ4n) is 0.899. The fourth-order valence-corrected chi connectivity index (χ4v) is 0.899. The van der Waals surface area contributed by atoms with Crippen LogP contribution in [0, 0.1) is 0 Å². The van der Waals surface area contributed by atoms with E-state index in [9.17, 15) is 9.59 Å². The Hall–Kier alpha value is -2.44. The lowest BCUT2D eigenvalue weighted by molar-refractivity contribution is 0.397. The van der Waals surface area contributed by atoms with Gasteiger partial charge in [-0.2, -0.15) is 0 Å². The van der Waals surface area contributed by atoms with Crippen LogP contribution in [0.1, 0.15) is 0 Å². The standard InChI is InChI=1S/C8H4O7/c9-3-1-2-4(10)14-8-6(12)5(11)7(13-3)15-8/h1-2,11-12H. The predicted molar refractivity (Wildman–Crippen MR) is 45.4 cm³/mol. The highest BCUT2D eigenvalue weighted by Crippen LogP contribution is 2.35. The monoisotopic (exact) mass is 212 g/mol. The number of furan rings is 1. The van der Waals surface area contributed by atoms with Crippen LogP contribution in [0.3, 0.4) is 0 Å². The molecule has 0 aliphatic rings. The zero-order valence-electron chi connectivity index (χ0n) is 7.09. The van der Waals surface area contributed by atoms with Crippen LogP contribution >= 0.6 is 0 Å². The third-order valence-electron chi connectivity index (χ3n) is 1.54. The predicted octanol–water partition coefficient (Wildman–Crippen LogP) is 0.313. The first-order valence-corrected chi connectivity index (χ1v) is 3.74. The highest BCUT2D eigenvalue weighted by atomic mass is 16.6. The highest BCUT2D eigenvalue weighted by molar-refractivity contribution is 5.66. The van der Waals surface area contributed by atoms with Crippen molar-refractivity contribution in [2.75, 3.05) is 0 Å². The molecule has 15 heavy (non-hydrogen) atoms. The van der Waals surface area contributed by atoms with E-state index in [4.69, 9.17) is 10.2 Å². The summed E-state index contributed by atoms with van der Waals surface area (Å²) in [5.41, 5.74) is -1.88. The van der Waals surface area contributed by atoms with Gasteiger partial charge in [-0.1, -0.05) is 0 Å². The molecular formula is C8H4O7. The van der Waals surface area contributed by atoms with Gasteiger partial charge in [0.25, 0.3) is 0 Å². The fraction of sp³-hybridized carbons (Fsp3) is 0. The van der Waals surface area contributed by atoms with E-state index in [-0.39, 0.29) is 0 Å². The van der Waals surface area contributed by atoms with E-state index in [2.05, 4.69) is 13.3 Å². The summed E-state index contributed by atoms with van der Waals surface area (Å²) in [6.45, 7) is 0. The Morgan fingerprint density at radius 3 is 1.60 bits per heavy atom. The van der Waals surface area contributed by atoms with Gasteiger partial charge in [0.2, 0.25) is 11.5 Å². The summed E-state index contributed by atoms with van der Waals surface area (Å²) in [5, 5.41) is 18.3. The SMILES string of the molecule is O=c1ccc(=O)oc2oc(o1)c(O)c2O. The molecule has 2 heterocycles. The molecule has 7 nitrogen and oxygen atoms in total. The van der Waals surface area contributed by atoms with Crippen molar-refractivity contribution in [3.05, 3.63) is 33.0 Å². The lowest BCUT2D eigenvalue weighted by atomic mass is 10.5. The second kappa shape index (κ2) is 3.05. The largest absolute Gasteiger partial charge is 0.499 e. The molecule has 2 rings (SSSR count). The second-order valence-corrected chi connectivity index (χ2v) is 2.55. The number of hydrogen-bond acceptors (Lipinski definition) is 7. The maximum atomic E-state index is 10.9. The van der Waals surface area contributed by atoms with E-state index in [1.807, 2.05) is 0 Å². The van der Waals surface area contributed by atoms with Crippen LogP contribution in [0.25, 0.3) is 11.6 Å². The van der Waals surface area contributed by atoms with Crippen LogP contribution in [0.15, 0.2) is 35.0 Å². The van der Waals surface area contributed by atoms with Crippen molar-refractivity contribution in [1.29, 1.82) is 0 Å². The van der Waals surface area contributed by atoms with Crippen LogP contribution in [0.4, 0.5) is 0 Å². The first-order chi connectivity index (χ1) is 7.08. The molecule has 0 spiro atoms. The molecule has 0 radical (unpaired) electrons. The molecule has 2 aromatic rings. The summed E-state index contributed by atoms with van der Waals surface area (Å²) >= 11 is 0. The van der Waals surface area contributed by atoms with Gasteiger partial charge in [-0.3, -0.25) is 0 Å². The molecule has 0 saturated carbocycles. The lowest BCUT2D eigenvalue weighted by Crippen LogP contribution is -1.96. The lowest BCUT2D eigenvalue weighted by Gasteiger charge is -1.81. The van der Waals surface area contributed by atoms with E-state index < -0.39 is 34.3 Å². The molecule has 2 N–H and O–H groups in total. The average Bonchev–Trinajstić information content (AvgIpc) is 2.47. The van der Waals surface area contributed by atoms with Gasteiger partial charge in [-0.05, 0) is 0 Å². The minimum Gasteiger partial charge on any atom is -0.499 e. The van der Waals surface area contributed by atoms with Gasteiger partial charge >= 0.3 is 22.8 Å². The van der Waals surface area contributed by atoms with Crippen LogP contribution in [-0.2, 0) is 0 Å². The molecule has 2 aromatic heterocycles. The van der Waals surface area contributed by atoms with Gasteiger partial charge in [0.05, 0.1) is 0 Å². The summed E-state index contributed by atoms with van der Waals surface area (Å²) in [6, 6.07) is 1.59. The molecular weight excluding hydrogens is 208 g/mol. The minimum atomic E-state index is -0.940. The van der Waals surface area contributed by atoms with Gasteiger partial charge in [0.1, 0.15) is 0 Å². The number of fused-ring (bicyclic) bond motifs is 2. The molecule has 7 heteroatoms. The molecule has 0 atom stereocenters. The Labute approximate surface area is 80.4 Å². The number of hydrogen-bond donors (Lipinski definition) is 2. The summed E-state index contributed by atoms with van der Waals surface area (Å²) in [4.78, 5) is 21.9. The van der Waals surface area contributed by atoms with E-state index in [1.54, 1.807) is 0 Å². The third kappa shape index (κ3) is 1.50. The normalized spacial score (nSPS) is 10.4. The quantitative estimate of drug-likeness (QED) is 0.645. The third-order valence-corrected chi connectivity index (χ3v) is 1.54. The molecule has 0 fully saturated rings. The zero-order chi connectivity index (χ0) is 11.0. The summed E-state index contributed by atoms with van der Waals surface area (Å²) in [7, 11) is 0. The minimum absolute atomic E-state index is 0.633. The first kappa shape index (κ1) is 9.13. The molecule has 0 amide bonds. The molecule has 78 valence electrons. The zero-order valence-corrected chi connectivity index (χ0v) is 7.09. The van der Waals surface area contributed by atoms with Gasteiger partial charge in [-0.25, -0.2) is 9.59 Å². The number of rotatable bonds is 0. The molecule has 0 aliphatic heterocycles. The van der Waals surface area contributed by atoms with Crippen molar-refractivity contribution in [3.8, 4) is 11.5 Å². The van der Waals surface area contributed by atoms with Gasteiger partial charge < -0.3 is 23.5 Å². The van der Waals surface area contributed by atoms with Crippen molar-refractivity contribution in [3.63, 3.8) is 0 Å². The van der Waals surface area contributed by atoms with Crippen molar-refractivity contribution in [1.82, 2.24) is 0 Å². The van der Waals surface area contributed by atoms with Crippen LogP contribution < -0.4 is 11.3 Å². The van der Waals surface area contributed by atoms with Crippen molar-refractivity contribution in [2.45, 2.75) is 0 Å². The van der Waals surface area contributed by atoms with Gasteiger partial charge in [0, 0.05) is 12.1 Å². The average molecular weight is 212 g/mol. The Morgan fingerprint density at radius 1 is 0.800 bits per heavy atom. The summed E-state index contributed by atoms with van der Waals surface area (Å²) in [6.07, 6.45) is 0. The van der Waals surface area contributed by atoms with Crippen LogP contribution in [-0.4, -0.2) is 10.2 Å². The Morgan fingerprint density at radius 2 is 1.20 bits per heavy atom. The topological polar surface area (TPSA) is 114 Å². The van der Waals surface area contributed by atoms with Crippen molar-refractivity contribution < 1.29 is 23.5 Å². The van der Waals surface area contributed by atoms with Crippen LogP contribution in [0.2, 0.25) is 0 Å². The van der Waals surface area contributed by atoms with Gasteiger partial charge in [-0.15, -0.1) is 0 Å². The van der Waals surface area contributed by atoms with E-state index in [0.29, 0.717) is 0 Å². The Balaban J connectivity index is 3.09. The van der Waals surface area contributed by atoms with E-state index in [1.165, 1.54) is 0 Å². The summed E-state index contributed by atoms with van der Waals surface area (Å²) < 4.78 is 13.5. The molecule has 0 unspecified atom stereocenters. The first-order valence-electron chi connectivity index (χ1n) is 3.74. The number of aromatic hydroxyl groups is 2. The maximum absolute atomic E-state index is 10.9. The molecule has 0 aromatic carbocycles. The Bertz CT molecular complexity index is 587. The van der Waals surface area contributed by atoms with Crippen molar-refractivity contribution >= 4 is 11.6 Å². The van der Waals surface area contributed by atoms with Crippen molar-refractivity contribution in [2.24, 2.45) is 0 Å². The second-order valence-electron chi connectivity index (χ2n) is 2.55. The molecule has 0 saturated heterocycles. The van der Waals surface area contributed by atoms with Gasteiger partial charge in [0.15, 0.2) is 0 Å². The highest BCUT2D eigenvalue weighted by Gasteiger charge is 2.16. The maximum Gasteiger partial charge on any atom is 0.343 e. The molecule has 2 bridgehead atoms.